The second-order valence-corrected chi connectivity index (χ2v) is 7.02. The maximum atomic E-state index is 10.4. The molecule has 4 N–H and O–H groups in total. The van der Waals surface area contributed by atoms with Gasteiger partial charge >= 0.3 is 0 Å². The number of pyridine rings is 1. The van der Waals surface area contributed by atoms with E-state index in [4.69, 9.17) is 0 Å². The average Bonchev–Trinajstić information content (AvgIpc) is 3.11. The number of nitrogens with zero attached hydrogens (tertiary/aromatic N) is 5. The van der Waals surface area contributed by atoms with Crippen LogP contribution in [0.4, 0.5) is 11.5 Å². The van der Waals surface area contributed by atoms with E-state index in [0.29, 0.717) is 24.0 Å². The van der Waals surface area contributed by atoms with Gasteiger partial charge in [0.25, 0.3) is 0 Å². The molecule has 0 aliphatic carbocycles. The lowest BCUT2D eigenvalue weighted by Gasteiger charge is -2.32. The van der Waals surface area contributed by atoms with Gasteiger partial charge in [-0.05, 0) is 26.0 Å². The van der Waals surface area contributed by atoms with Crippen LogP contribution in [0.25, 0.3) is 11.4 Å². The zero-order chi connectivity index (χ0) is 19.5. The highest BCUT2D eigenvalue weighted by atomic mass is 16.3. The van der Waals surface area contributed by atoms with Crippen molar-refractivity contribution < 1.29 is 5.11 Å². The number of aryl methyl sites for hydroxylation is 1. The zero-order valence-corrected chi connectivity index (χ0v) is 16.0. The smallest absolute Gasteiger partial charge is 0.151 e. The number of aromatic hydroxyl groups is 1. The first-order valence-corrected chi connectivity index (χ1v) is 9.34. The van der Waals surface area contributed by atoms with E-state index in [0.717, 1.165) is 42.4 Å². The summed E-state index contributed by atoms with van der Waals surface area (Å²) in [5, 5.41) is 32.6. The van der Waals surface area contributed by atoms with Crippen molar-refractivity contribution in [2.24, 2.45) is 0 Å². The summed E-state index contributed by atoms with van der Waals surface area (Å²) in [6, 6.07) is 5.84. The molecule has 0 saturated carbocycles. The summed E-state index contributed by atoms with van der Waals surface area (Å²) in [5.41, 5.74) is 3.68. The molecule has 1 unspecified atom stereocenters. The van der Waals surface area contributed by atoms with Crippen molar-refractivity contribution in [1.82, 2.24) is 30.7 Å². The molecule has 4 rings (SSSR count). The molecule has 9 heteroatoms. The molecule has 1 aliphatic heterocycles. The van der Waals surface area contributed by atoms with Crippen molar-refractivity contribution in [2.45, 2.75) is 26.4 Å². The number of nitrogens with one attached hydrogen (secondary N) is 3. The van der Waals surface area contributed by atoms with E-state index in [1.807, 2.05) is 25.3 Å². The SMILES string of the molecule is Cc1n[nH]cc1CNc1cnc(-c2ccc(N3CCNC(C)C3)nn2)c(O)c1. The van der Waals surface area contributed by atoms with Crippen LogP contribution in [-0.4, -0.2) is 56.2 Å². The highest BCUT2D eigenvalue weighted by Gasteiger charge is 2.18. The number of aromatic nitrogens is 5. The van der Waals surface area contributed by atoms with Crippen LogP contribution in [0.2, 0.25) is 0 Å². The number of H-pyrrole nitrogens is 1. The number of aromatic amines is 1. The van der Waals surface area contributed by atoms with E-state index in [2.05, 4.69) is 47.8 Å². The van der Waals surface area contributed by atoms with Gasteiger partial charge in [-0.2, -0.15) is 5.10 Å². The molecule has 1 atom stereocenters. The van der Waals surface area contributed by atoms with Gasteiger partial charge in [0.1, 0.15) is 17.1 Å². The predicted molar refractivity (Wildman–Crippen MR) is 107 cm³/mol. The minimum atomic E-state index is 0.0618. The first kappa shape index (κ1) is 18.2. The molecule has 1 fully saturated rings. The molecule has 0 radical (unpaired) electrons. The number of hydrogen-bond acceptors (Lipinski definition) is 8. The fraction of sp³-hybridized carbons (Fsp3) is 0.368. The van der Waals surface area contributed by atoms with Crippen molar-refractivity contribution in [1.29, 1.82) is 0 Å². The van der Waals surface area contributed by atoms with Gasteiger partial charge in [0, 0.05) is 50.0 Å². The first-order valence-electron chi connectivity index (χ1n) is 9.34. The summed E-state index contributed by atoms with van der Waals surface area (Å²) in [4.78, 5) is 6.57. The summed E-state index contributed by atoms with van der Waals surface area (Å²) in [6.45, 7) is 7.42. The van der Waals surface area contributed by atoms with E-state index in [-0.39, 0.29) is 5.75 Å². The molecule has 28 heavy (non-hydrogen) atoms. The van der Waals surface area contributed by atoms with Gasteiger partial charge in [0.05, 0.1) is 17.6 Å². The van der Waals surface area contributed by atoms with E-state index < -0.39 is 0 Å². The Morgan fingerprint density at radius 3 is 2.89 bits per heavy atom. The van der Waals surface area contributed by atoms with Gasteiger partial charge in [-0.25, -0.2) is 4.98 Å². The molecule has 146 valence electrons. The summed E-state index contributed by atoms with van der Waals surface area (Å²) < 4.78 is 0. The minimum Gasteiger partial charge on any atom is -0.506 e. The van der Waals surface area contributed by atoms with Crippen molar-refractivity contribution >= 4 is 11.5 Å². The Labute approximate surface area is 163 Å². The molecule has 1 saturated heterocycles. The lowest BCUT2D eigenvalue weighted by atomic mass is 10.2. The Balaban J connectivity index is 1.46. The van der Waals surface area contributed by atoms with Crippen LogP contribution in [0, 0.1) is 6.92 Å². The van der Waals surface area contributed by atoms with Crippen LogP contribution in [0.1, 0.15) is 18.2 Å². The second-order valence-electron chi connectivity index (χ2n) is 7.02. The van der Waals surface area contributed by atoms with Crippen molar-refractivity contribution in [3.63, 3.8) is 0 Å². The van der Waals surface area contributed by atoms with E-state index in [9.17, 15) is 5.11 Å². The maximum absolute atomic E-state index is 10.4. The van der Waals surface area contributed by atoms with Crippen LogP contribution in [0.15, 0.2) is 30.6 Å². The zero-order valence-electron chi connectivity index (χ0n) is 16.0. The number of rotatable bonds is 5. The van der Waals surface area contributed by atoms with Gasteiger partial charge < -0.3 is 20.6 Å². The standard InChI is InChI=1S/C19H24N8O/c1-12-11-27(6-5-20-12)18-4-3-16(25-26-18)19-17(28)7-15(10-22-19)21-8-14-9-23-24-13(14)2/h3-4,7,9-10,12,20-21,28H,5-6,8,11H2,1-2H3,(H,23,24). The van der Waals surface area contributed by atoms with Gasteiger partial charge in [0.15, 0.2) is 5.82 Å². The molecule has 9 nitrogen and oxygen atoms in total. The summed E-state index contributed by atoms with van der Waals surface area (Å²) in [7, 11) is 0. The van der Waals surface area contributed by atoms with Crippen molar-refractivity contribution in [2.75, 3.05) is 29.9 Å². The largest absolute Gasteiger partial charge is 0.506 e. The van der Waals surface area contributed by atoms with Crippen molar-refractivity contribution in [3.8, 4) is 17.1 Å². The van der Waals surface area contributed by atoms with E-state index >= 15 is 0 Å². The molecule has 0 spiro atoms. The quantitative estimate of drug-likeness (QED) is 0.529. The molecule has 4 heterocycles. The lowest BCUT2D eigenvalue weighted by Crippen LogP contribution is -2.49. The fourth-order valence-electron chi connectivity index (χ4n) is 3.27. The monoisotopic (exact) mass is 380 g/mol. The molecular formula is C19H24N8O. The average molecular weight is 380 g/mol. The Bertz CT molecular complexity index is 939. The highest BCUT2D eigenvalue weighted by molar-refractivity contribution is 5.65. The van der Waals surface area contributed by atoms with Gasteiger partial charge in [-0.15, -0.1) is 10.2 Å². The second kappa shape index (κ2) is 7.81. The van der Waals surface area contributed by atoms with Crippen LogP contribution in [-0.2, 0) is 6.54 Å². The first-order chi connectivity index (χ1) is 13.6. The van der Waals surface area contributed by atoms with E-state index in [1.165, 1.54) is 0 Å². The normalized spacial score (nSPS) is 16.9. The molecule has 0 bridgehead atoms. The Kier molecular flexibility index (Phi) is 5.07. The number of hydrogen-bond donors (Lipinski definition) is 4. The summed E-state index contributed by atoms with van der Waals surface area (Å²) >= 11 is 0. The highest BCUT2D eigenvalue weighted by Crippen LogP contribution is 2.28. The Morgan fingerprint density at radius 2 is 2.21 bits per heavy atom. The molecule has 0 aromatic carbocycles. The topological polar surface area (TPSA) is 115 Å². The van der Waals surface area contributed by atoms with Gasteiger partial charge in [0.2, 0.25) is 0 Å². The van der Waals surface area contributed by atoms with Crippen LogP contribution >= 0.6 is 0 Å². The number of anilines is 2. The molecular weight excluding hydrogens is 356 g/mol. The van der Waals surface area contributed by atoms with Crippen LogP contribution < -0.4 is 15.5 Å². The molecule has 0 amide bonds. The Morgan fingerprint density at radius 1 is 1.32 bits per heavy atom. The third-order valence-corrected chi connectivity index (χ3v) is 4.87. The predicted octanol–water partition coefficient (Wildman–Crippen LogP) is 1.69. The molecule has 3 aromatic heterocycles. The van der Waals surface area contributed by atoms with Crippen LogP contribution in [0.3, 0.4) is 0 Å². The lowest BCUT2D eigenvalue weighted by molar-refractivity contribution is 0.475. The molecule has 3 aromatic rings. The van der Waals surface area contributed by atoms with E-state index in [1.54, 1.807) is 12.3 Å². The maximum Gasteiger partial charge on any atom is 0.151 e. The van der Waals surface area contributed by atoms with Gasteiger partial charge in [-0.1, -0.05) is 0 Å². The van der Waals surface area contributed by atoms with Crippen LogP contribution in [0.5, 0.6) is 5.75 Å². The minimum absolute atomic E-state index is 0.0618. The Hall–Kier alpha value is -3.20. The third kappa shape index (κ3) is 3.89. The number of piperazine rings is 1. The third-order valence-electron chi connectivity index (χ3n) is 4.87. The van der Waals surface area contributed by atoms with Crippen molar-refractivity contribution in [3.05, 3.63) is 41.9 Å². The molecule has 1 aliphatic rings. The fourth-order valence-corrected chi connectivity index (χ4v) is 3.27. The summed E-state index contributed by atoms with van der Waals surface area (Å²) in [6.07, 6.45) is 3.53. The van der Waals surface area contributed by atoms with Gasteiger partial charge in [-0.3, -0.25) is 5.10 Å². The summed E-state index contributed by atoms with van der Waals surface area (Å²) in [5.74, 6) is 0.900.